The molecule has 0 aromatic carbocycles. The van der Waals surface area contributed by atoms with Gasteiger partial charge in [-0.1, -0.05) is 13.8 Å². The molecule has 1 N–H and O–H groups in total. The first-order valence-electron chi connectivity index (χ1n) is 5.58. The summed E-state index contributed by atoms with van der Waals surface area (Å²) in [6.07, 6.45) is 4.12. The highest BCUT2D eigenvalue weighted by molar-refractivity contribution is 5.03. The topological polar surface area (TPSA) is 15.3 Å². The summed E-state index contributed by atoms with van der Waals surface area (Å²) in [6, 6.07) is 0.770. The van der Waals surface area contributed by atoms with Gasteiger partial charge in [0.05, 0.1) is 0 Å². The smallest absolute Gasteiger partial charge is 0.0323 e. The molecular weight excluding hydrogens is 160 g/mol. The molecule has 0 bridgehead atoms. The van der Waals surface area contributed by atoms with Gasteiger partial charge in [0.25, 0.3) is 0 Å². The Labute approximate surface area is 81.7 Å². The zero-order valence-corrected chi connectivity index (χ0v) is 9.14. The van der Waals surface area contributed by atoms with Crippen LogP contribution in [0.1, 0.15) is 33.1 Å². The van der Waals surface area contributed by atoms with Crippen LogP contribution < -0.4 is 5.32 Å². The highest BCUT2D eigenvalue weighted by Gasteiger charge is 2.42. The summed E-state index contributed by atoms with van der Waals surface area (Å²) in [6.45, 7) is 7.19. The number of likely N-dealkylation sites (tertiary alicyclic amines) is 1. The van der Waals surface area contributed by atoms with Crippen LogP contribution in [0, 0.1) is 5.92 Å². The van der Waals surface area contributed by atoms with Gasteiger partial charge in [0.2, 0.25) is 0 Å². The zero-order chi connectivity index (χ0) is 9.47. The second kappa shape index (κ2) is 3.25. The van der Waals surface area contributed by atoms with Crippen LogP contribution in [0.4, 0.5) is 0 Å². The molecule has 2 atom stereocenters. The molecule has 2 heteroatoms. The lowest BCUT2D eigenvalue weighted by atomic mass is 9.96. The second-order valence-corrected chi connectivity index (χ2v) is 5.30. The summed E-state index contributed by atoms with van der Waals surface area (Å²) in [4.78, 5) is 2.45. The van der Waals surface area contributed by atoms with Crippen LogP contribution in [-0.2, 0) is 0 Å². The number of nitrogens with one attached hydrogen (secondary N) is 1. The fraction of sp³-hybridized carbons (Fsp3) is 1.00. The van der Waals surface area contributed by atoms with Gasteiger partial charge in [-0.05, 0) is 38.8 Å². The van der Waals surface area contributed by atoms with Gasteiger partial charge in [-0.25, -0.2) is 0 Å². The molecule has 13 heavy (non-hydrogen) atoms. The van der Waals surface area contributed by atoms with Gasteiger partial charge < -0.3 is 10.2 Å². The Morgan fingerprint density at radius 1 is 1.38 bits per heavy atom. The summed E-state index contributed by atoms with van der Waals surface area (Å²) in [5, 5.41) is 3.85. The van der Waals surface area contributed by atoms with Crippen LogP contribution >= 0.6 is 0 Å². The van der Waals surface area contributed by atoms with Gasteiger partial charge in [-0.3, -0.25) is 0 Å². The first kappa shape index (κ1) is 9.47. The molecule has 2 saturated heterocycles. The van der Waals surface area contributed by atoms with E-state index < -0.39 is 0 Å². The summed E-state index contributed by atoms with van der Waals surface area (Å²) in [5.41, 5.74) is 0.490. The first-order valence-corrected chi connectivity index (χ1v) is 5.58. The molecule has 2 aliphatic heterocycles. The Morgan fingerprint density at radius 3 is 2.62 bits per heavy atom. The van der Waals surface area contributed by atoms with Crippen molar-refractivity contribution in [1.29, 1.82) is 0 Å². The average Bonchev–Trinajstić information content (AvgIpc) is 2.61. The molecule has 2 nitrogen and oxygen atoms in total. The molecule has 0 aliphatic carbocycles. The molecular formula is C11H22N2. The zero-order valence-electron chi connectivity index (χ0n) is 9.14. The van der Waals surface area contributed by atoms with Gasteiger partial charge in [0.1, 0.15) is 0 Å². The first-order chi connectivity index (χ1) is 6.11. The second-order valence-electron chi connectivity index (χ2n) is 5.30. The van der Waals surface area contributed by atoms with E-state index in [9.17, 15) is 0 Å². The fourth-order valence-corrected chi connectivity index (χ4v) is 2.87. The van der Waals surface area contributed by atoms with E-state index in [-0.39, 0.29) is 0 Å². The number of nitrogens with zero attached hydrogens (tertiary/aromatic N) is 1. The predicted octanol–water partition coefficient (Wildman–Crippen LogP) is 1.47. The number of likely N-dealkylation sites (N-methyl/N-ethyl adjacent to an activating group) is 1. The molecule has 2 heterocycles. The largest absolute Gasteiger partial charge is 0.307 e. The third kappa shape index (κ3) is 1.75. The monoisotopic (exact) mass is 182 g/mol. The Bertz CT molecular complexity index is 191. The van der Waals surface area contributed by atoms with E-state index in [0.29, 0.717) is 5.54 Å². The van der Waals surface area contributed by atoms with Crippen LogP contribution in [0.15, 0.2) is 0 Å². The summed E-state index contributed by atoms with van der Waals surface area (Å²) >= 11 is 0. The molecule has 0 saturated carbocycles. The molecule has 2 unspecified atom stereocenters. The minimum Gasteiger partial charge on any atom is -0.307 e. The average molecular weight is 182 g/mol. The Balaban J connectivity index is 1.97. The molecule has 2 aliphatic rings. The SMILES string of the molecule is CC(C)C1CCC2(CCN(C)C2)N1. The molecule has 1 spiro atoms. The third-order valence-corrected chi connectivity index (χ3v) is 3.77. The van der Waals surface area contributed by atoms with Crippen molar-refractivity contribution in [2.24, 2.45) is 5.92 Å². The number of hydrogen-bond acceptors (Lipinski definition) is 2. The minimum atomic E-state index is 0.490. The molecule has 2 fully saturated rings. The van der Waals surface area contributed by atoms with Gasteiger partial charge in [0, 0.05) is 18.1 Å². The van der Waals surface area contributed by atoms with E-state index >= 15 is 0 Å². The molecule has 0 amide bonds. The van der Waals surface area contributed by atoms with Crippen molar-refractivity contribution < 1.29 is 0 Å². The van der Waals surface area contributed by atoms with Gasteiger partial charge in [0.15, 0.2) is 0 Å². The summed E-state index contributed by atoms with van der Waals surface area (Å²) in [7, 11) is 2.24. The van der Waals surface area contributed by atoms with Crippen LogP contribution in [0.5, 0.6) is 0 Å². The predicted molar refractivity (Wildman–Crippen MR) is 55.8 cm³/mol. The molecule has 2 rings (SSSR count). The normalized spacial score (nSPS) is 41.1. The van der Waals surface area contributed by atoms with Crippen molar-refractivity contribution >= 4 is 0 Å². The van der Waals surface area contributed by atoms with Crippen LogP contribution in [0.3, 0.4) is 0 Å². The van der Waals surface area contributed by atoms with Crippen LogP contribution in [-0.4, -0.2) is 36.6 Å². The van der Waals surface area contributed by atoms with E-state index in [1.54, 1.807) is 0 Å². The maximum absolute atomic E-state index is 3.85. The lowest BCUT2D eigenvalue weighted by molar-refractivity contribution is 0.317. The van der Waals surface area contributed by atoms with Crippen molar-refractivity contribution in [1.82, 2.24) is 10.2 Å². The van der Waals surface area contributed by atoms with Crippen molar-refractivity contribution in [3.8, 4) is 0 Å². The van der Waals surface area contributed by atoms with E-state index in [1.165, 1.54) is 32.4 Å². The van der Waals surface area contributed by atoms with Gasteiger partial charge in [-0.15, -0.1) is 0 Å². The fourth-order valence-electron chi connectivity index (χ4n) is 2.87. The van der Waals surface area contributed by atoms with Crippen molar-refractivity contribution in [3.63, 3.8) is 0 Å². The molecule has 0 aromatic rings. The van der Waals surface area contributed by atoms with E-state index in [4.69, 9.17) is 0 Å². The third-order valence-electron chi connectivity index (χ3n) is 3.77. The molecule has 0 aromatic heterocycles. The summed E-state index contributed by atoms with van der Waals surface area (Å²) in [5.74, 6) is 0.797. The van der Waals surface area contributed by atoms with Crippen molar-refractivity contribution in [2.75, 3.05) is 20.1 Å². The molecule has 0 radical (unpaired) electrons. The Hall–Kier alpha value is -0.0800. The number of rotatable bonds is 1. The lowest BCUT2D eigenvalue weighted by Crippen LogP contribution is -2.46. The van der Waals surface area contributed by atoms with Crippen molar-refractivity contribution in [3.05, 3.63) is 0 Å². The van der Waals surface area contributed by atoms with Crippen LogP contribution in [0.25, 0.3) is 0 Å². The minimum absolute atomic E-state index is 0.490. The van der Waals surface area contributed by atoms with Gasteiger partial charge in [-0.2, -0.15) is 0 Å². The van der Waals surface area contributed by atoms with Gasteiger partial charge >= 0.3 is 0 Å². The van der Waals surface area contributed by atoms with Crippen LogP contribution in [0.2, 0.25) is 0 Å². The van der Waals surface area contributed by atoms with E-state index in [2.05, 4.69) is 31.1 Å². The maximum atomic E-state index is 3.85. The maximum Gasteiger partial charge on any atom is 0.0323 e. The lowest BCUT2D eigenvalue weighted by Gasteiger charge is -2.26. The highest BCUT2D eigenvalue weighted by atomic mass is 15.2. The Morgan fingerprint density at radius 2 is 2.15 bits per heavy atom. The van der Waals surface area contributed by atoms with Crippen molar-refractivity contribution in [2.45, 2.75) is 44.7 Å². The number of hydrogen-bond donors (Lipinski definition) is 1. The van der Waals surface area contributed by atoms with E-state index in [1.807, 2.05) is 0 Å². The quantitative estimate of drug-likeness (QED) is 0.660. The highest BCUT2D eigenvalue weighted by Crippen LogP contribution is 2.33. The standard InChI is InChI=1S/C11H22N2/c1-9(2)10-4-5-11(12-10)6-7-13(3)8-11/h9-10,12H,4-8H2,1-3H3. The molecule has 76 valence electrons. The van der Waals surface area contributed by atoms with E-state index in [0.717, 1.165) is 12.0 Å². The summed E-state index contributed by atoms with van der Waals surface area (Å²) < 4.78 is 0. The Kier molecular flexibility index (Phi) is 2.37.